The molecule has 0 bridgehead atoms. The standard InChI is InChI=1S/C16H14N2.CH4N2O/c17-15-9-12-7-4-8-13(14(12)10-16(15)18)11-5-2-1-3-6-11;2-1(3)4/h1-10H,17-18H2;(H4,2,3,4). The van der Waals surface area contributed by atoms with Crippen LogP contribution in [0.1, 0.15) is 0 Å². The number of urea groups is 1. The second kappa shape index (κ2) is 6.49. The van der Waals surface area contributed by atoms with Crippen LogP contribution in [0.25, 0.3) is 21.9 Å². The van der Waals surface area contributed by atoms with Gasteiger partial charge in [0.05, 0.1) is 11.4 Å². The zero-order valence-electron chi connectivity index (χ0n) is 12.0. The first-order chi connectivity index (χ1) is 10.5. The molecule has 2 amide bonds. The molecular weight excluding hydrogens is 276 g/mol. The van der Waals surface area contributed by atoms with Crippen molar-refractivity contribution in [2.24, 2.45) is 11.5 Å². The van der Waals surface area contributed by atoms with E-state index in [-0.39, 0.29) is 0 Å². The lowest BCUT2D eigenvalue weighted by Gasteiger charge is -2.09. The number of hydrogen-bond donors (Lipinski definition) is 4. The molecule has 5 nitrogen and oxygen atoms in total. The molecule has 3 rings (SSSR count). The minimum Gasteiger partial charge on any atom is -0.397 e. The van der Waals surface area contributed by atoms with E-state index in [9.17, 15) is 0 Å². The fourth-order valence-corrected chi connectivity index (χ4v) is 2.23. The Bertz CT molecular complexity index is 796. The molecule has 8 N–H and O–H groups in total. The number of benzene rings is 3. The predicted molar refractivity (Wildman–Crippen MR) is 92.0 cm³/mol. The summed E-state index contributed by atoms with van der Waals surface area (Å²) in [6.45, 7) is 0. The molecule has 0 aliphatic heterocycles. The Balaban J connectivity index is 0.000000396. The number of fused-ring (bicyclic) bond motifs is 1. The van der Waals surface area contributed by atoms with Gasteiger partial charge in [-0.05, 0) is 34.0 Å². The van der Waals surface area contributed by atoms with Crippen LogP contribution in [0.15, 0.2) is 60.7 Å². The molecule has 0 fully saturated rings. The van der Waals surface area contributed by atoms with E-state index in [4.69, 9.17) is 16.3 Å². The minimum atomic E-state index is -0.833. The fourth-order valence-electron chi connectivity index (χ4n) is 2.23. The molecule has 0 saturated heterocycles. The molecule has 0 aliphatic carbocycles. The minimum absolute atomic E-state index is 0.630. The number of amides is 2. The van der Waals surface area contributed by atoms with Gasteiger partial charge < -0.3 is 22.9 Å². The Morgan fingerprint density at radius 2 is 1.36 bits per heavy atom. The van der Waals surface area contributed by atoms with Crippen molar-refractivity contribution < 1.29 is 4.79 Å². The molecule has 3 aromatic rings. The highest BCUT2D eigenvalue weighted by atomic mass is 16.2. The lowest BCUT2D eigenvalue weighted by molar-refractivity contribution is 0.256. The molecule has 0 aliphatic rings. The van der Waals surface area contributed by atoms with Gasteiger partial charge >= 0.3 is 6.03 Å². The average Bonchev–Trinajstić information content (AvgIpc) is 2.48. The summed E-state index contributed by atoms with van der Waals surface area (Å²) >= 11 is 0. The van der Waals surface area contributed by atoms with E-state index >= 15 is 0 Å². The van der Waals surface area contributed by atoms with Gasteiger partial charge in [0, 0.05) is 0 Å². The quantitative estimate of drug-likeness (QED) is 0.516. The summed E-state index contributed by atoms with van der Waals surface area (Å²) < 4.78 is 0. The second-order valence-corrected chi connectivity index (χ2v) is 4.78. The van der Waals surface area contributed by atoms with Crippen molar-refractivity contribution in [1.29, 1.82) is 0 Å². The van der Waals surface area contributed by atoms with Gasteiger partial charge in [0.15, 0.2) is 0 Å². The second-order valence-electron chi connectivity index (χ2n) is 4.78. The number of nitrogen functional groups attached to an aromatic ring is 2. The highest BCUT2D eigenvalue weighted by Gasteiger charge is 2.05. The number of anilines is 2. The Labute approximate surface area is 128 Å². The number of primary amides is 2. The third kappa shape index (κ3) is 3.46. The van der Waals surface area contributed by atoms with E-state index in [1.165, 1.54) is 11.1 Å². The van der Waals surface area contributed by atoms with Crippen LogP contribution in [-0.4, -0.2) is 6.03 Å². The molecule has 22 heavy (non-hydrogen) atoms. The Hall–Kier alpha value is -3.21. The number of rotatable bonds is 1. The zero-order chi connectivity index (χ0) is 16.1. The Morgan fingerprint density at radius 1 is 0.773 bits per heavy atom. The SMILES string of the molecule is NC(N)=O.Nc1cc2cccc(-c3ccccc3)c2cc1N. The van der Waals surface area contributed by atoms with E-state index in [1.807, 2.05) is 36.4 Å². The first-order valence-electron chi connectivity index (χ1n) is 6.67. The number of carbonyl (C=O) groups excluding carboxylic acids is 1. The fraction of sp³-hybridized carbons (Fsp3) is 0. The summed E-state index contributed by atoms with van der Waals surface area (Å²) in [7, 11) is 0. The van der Waals surface area contributed by atoms with E-state index < -0.39 is 6.03 Å². The van der Waals surface area contributed by atoms with Crippen molar-refractivity contribution >= 4 is 28.2 Å². The van der Waals surface area contributed by atoms with Crippen LogP contribution in [0.5, 0.6) is 0 Å². The normalized spacial score (nSPS) is 9.82. The van der Waals surface area contributed by atoms with Gasteiger partial charge in [-0.25, -0.2) is 4.79 Å². The maximum absolute atomic E-state index is 9.00. The highest BCUT2D eigenvalue weighted by Crippen LogP contribution is 2.32. The van der Waals surface area contributed by atoms with Gasteiger partial charge in [-0.15, -0.1) is 0 Å². The monoisotopic (exact) mass is 294 g/mol. The van der Waals surface area contributed by atoms with E-state index in [1.54, 1.807) is 0 Å². The van der Waals surface area contributed by atoms with Crippen molar-refractivity contribution in [3.8, 4) is 11.1 Å². The van der Waals surface area contributed by atoms with Gasteiger partial charge in [-0.3, -0.25) is 0 Å². The van der Waals surface area contributed by atoms with Crippen molar-refractivity contribution in [2.75, 3.05) is 11.5 Å². The lowest BCUT2D eigenvalue weighted by atomic mass is 9.97. The van der Waals surface area contributed by atoms with Crippen LogP contribution in [-0.2, 0) is 0 Å². The van der Waals surface area contributed by atoms with E-state index in [0.29, 0.717) is 11.4 Å². The summed E-state index contributed by atoms with van der Waals surface area (Å²) in [6, 6.07) is 19.5. The molecule has 0 spiro atoms. The molecule has 0 saturated carbocycles. The largest absolute Gasteiger partial charge is 0.397 e. The maximum atomic E-state index is 9.00. The van der Waals surface area contributed by atoms with E-state index in [0.717, 1.165) is 10.8 Å². The summed E-state index contributed by atoms with van der Waals surface area (Å²) in [5.74, 6) is 0. The molecule has 112 valence electrons. The van der Waals surface area contributed by atoms with Crippen molar-refractivity contribution in [1.82, 2.24) is 0 Å². The van der Waals surface area contributed by atoms with Crippen LogP contribution in [0.2, 0.25) is 0 Å². The van der Waals surface area contributed by atoms with Crippen molar-refractivity contribution in [3.05, 3.63) is 60.7 Å². The van der Waals surface area contributed by atoms with Crippen LogP contribution < -0.4 is 22.9 Å². The van der Waals surface area contributed by atoms with Gasteiger partial charge in [-0.1, -0.05) is 48.5 Å². The molecule has 5 heteroatoms. The van der Waals surface area contributed by atoms with Crippen LogP contribution in [0, 0.1) is 0 Å². The number of carbonyl (C=O) groups is 1. The zero-order valence-corrected chi connectivity index (χ0v) is 12.0. The topological polar surface area (TPSA) is 121 Å². The van der Waals surface area contributed by atoms with E-state index in [2.05, 4.69) is 35.7 Å². The van der Waals surface area contributed by atoms with Gasteiger partial charge in [0.1, 0.15) is 0 Å². The summed E-state index contributed by atoms with van der Waals surface area (Å²) in [6.07, 6.45) is 0. The van der Waals surface area contributed by atoms with Crippen molar-refractivity contribution in [3.63, 3.8) is 0 Å². The van der Waals surface area contributed by atoms with Gasteiger partial charge in [0.25, 0.3) is 0 Å². The van der Waals surface area contributed by atoms with Crippen LogP contribution in [0.3, 0.4) is 0 Å². The predicted octanol–water partition coefficient (Wildman–Crippen LogP) is 2.70. The molecule has 0 heterocycles. The Morgan fingerprint density at radius 3 is 2.00 bits per heavy atom. The summed E-state index contributed by atoms with van der Waals surface area (Å²) in [4.78, 5) is 9.00. The first kappa shape index (κ1) is 15.2. The molecule has 0 radical (unpaired) electrons. The maximum Gasteiger partial charge on any atom is 0.309 e. The first-order valence-corrected chi connectivity index (χ1v) is 6.67. The lowest BCUT2D eigenvalue weighted by Crippen LogP contribution is -2.18. The molecular formula is C17H18N4O. The van der Waals surface area contributed by atoms with Crippen LogP contribution >= 0.6 is 0 Å². The molecule has 3 aromatic carbocycles. The third-order valence-electron chi connectivity index (χ3n) is 3.17. The van der Waals surface area contributed by atoms with Gasteiger partial charge in [-0.2, -0.15) is 0 Å². The van der Waals surface area contributed by atoms with Gasteiger partial charge in [0.2, 0.25) is 0 Å². The smallest absolute Gasteiger partial charge is 0.309 e. The summed E-state index contributed by atoms with van der Waals surface area (Å²) in [5, 5.41) is 2.25. The molecule has 0 aromatic heterocycles. The molecule has 0 unspecified atom stereocenters. The van der Waals surface area contributed by atoms with Crippen LogP contribution in [0.4, 0.5) is 16.2 Å². The number of nitrogens with two attached hydrogens (primary N) is 4. The summed E-state index contributed by atoms with van der Waals surface area (Å²) in [5.41, 5.74) is 23.9. The number of hydrogen-bond acceptors (Lipinski definition) is 3. The van der Waals surface area contributed by atoms with Crippen molar-refractivity contribution in [2.45, 2.75) is 0 Å². The highest BCUT2D eigenvalue weighted by molar-refractivity contribution is 6.00. The molecule has 0 atom stereocenters. The average molecular weight is 294 g/mol. The Kier molecular flexibility index (Phi) is 4.48. The third-order valence-corrected chi connectivity index (χ3v) is 3.17.